The lowest BCUT2D eigenvalue weighted by Crippen LogP contribution is -2.09. The van der Waals surface area contributed by atoms with E-state index in [1.807, 2.05) is 13.8 Å². The number of nitrogens with one attached hydrogen (secondary N) is 1. The van der Waals surface area contributed by atoms with Gasteiger partial charge in [0.05, 0.1) is 6.10 Å². The van der Waals surface area contributed by atoms with Gasteiger partial charge in [-0.25, -0.2) is 9.37 Å². The minimum Gasteiger partial charge on any atom is -0.475 e. The van der Waals surface area contributed by atoms with Crippen LogP contribution in [-0.4, -0.2) is 16.1 Å². The molecule has 0 aliphatic rings. The molecule has 0 saturated heterocycles. The largest absolute Gasteiger partial charge is 0.475 e. The highest BCUT2D eigenvalue weighted by atomic mass is 79.9. The predicted molar refractivity (Wildman–Crippen MR) is 79.2 cm³/mol. The van der Waals surface area contributed by atoms with E-state index in [1.54, 1.807) is 24.4 Å². The first kappa shape index (κ1) is 14.7. The Kier molecular flexibility index (Phi) is 4.89. The van der Waals surface area contributed by atoms with E-state index in [9.17, 15) is 4.39 Å². The highest BCUT2D eigenvalue weighted by molar-refractivity contribution is 9.10. The zero-order valence-corrected chi connectivity index (χ0v) is 12.8. The topological polar surface area (TPSA) is 47.0 Å². The molecule has 4 nitrogen and oxygen atoms in total. The van der Waals surface area contributed by atoms with Crippen molar-refractivity contribution < 1.29 is 9.13 Å². The number of nitrogens with zero attached hydrogens (tertiary/aromatic N) is 2. The molecule has 0 amide bonds. The summed E-state index contributed by atoms with van der Waals surface area (Å²) in [7, 11) is 0. The van der Waals surface area contributed by atoms with Crippen LogP contribution in [0.3, 0.4) is 0 Å². The lowest BCUT2D eigenvalue weighted by atomic mass is 10.2. The van der Waals surface area contributed by atoms with E-state index in [0.717, 1.165) is 4.47 Å². The molecule has 1 heterocycles. The van der Waals surface area contributed by atoms with E-state index >= 15 is 0 Å². The summed E-state index contributed by atoms with van der Waals surface area (Å²) in [6.45, 7) is 4.15. The molecule has 0 spiro atoms. The van der Waals surface area contributed by atoms with Gasteiger partial charge >= 0.3 is 0 Å². The Morgan fingerprint density at radius 2 is 2.15 bits per heavy atom. The molecule has 0 aliphatic heterocycles. The molecular formula is C14H15BrFN3O. The fourth-order valence-electron chi connectivity index (χ4n) is 1.59. The molecule has 2 rings (SSSR count). The van der Waals surface area contributed by atoms with Crippen molar-refractivity contribution in [1.82, 2.24) is 9.97 Å². The van der Waals surface area contributed by atoms with Gasteiger partial charge in [-0.15, -0.1) is 0 Å². The zero-order chi connectivity index (χ0) is 14.5. The van der Waals surface area contributed by atoms with E-state index in [-0.39, 0.29) is 11.9 Å². The number of rotatable bonds is 5. The number of halogens is 2. The van der Waals surface area contributed by atoms with E-state index in [1.165, 1.54) is 6.07 Å². The molecule has 0 fully saturated rings. The minimum atomic E-state index is -0.268. The molecule has 0 bridgehead atoms. The van der Waals surface area contributed by atoms with E-state index in [4.69, 9.17) is 4.74 Å². The summed E-state index contributed by atoms with van der Waals surface area (Å²) in [5.41, 5.74) is 0.540. The maximum atomic E-state index is 13.6. The summed E-state index contributed by atoms with van der Waals surface area (Å²) in [5.74, 6) is 0.630. The van der Waals surface area contributed by atoms with Gasteiger partial charge in [-0.2, -0.15) is 4.98 Å². The Bertz CT molecular complexity index is 592. The lowest BCUT2D eigenvalue weighted by Gasteiger charge is -2.10. The highest BCUT2D eigenvalue weighted by Gasteiger charge is 2.05. The fraction of sp³-hybridized carbons (Fsp3) is 0.286. The van der Waals surface area contributed by atoms with Crippen LogP contribution in [0.5, 0.6) is 5.88 Å². The van der Waals surface area contributed by atoms with E-state index in [0.29, 0.717) is 23.9 Å². The van der Waals surface area contributed by atoms with Gasteiger partial charge < -0.3 is 10.1 Å². The van der Waals surface area contributed by atoms with Crippen molar-refractivity contribution in [2.24, 2.45) is 0 Å². The van der Waals surface area contributed by atoms with Gasteiger partial charge in [-0.3, -0.25) is 0 Å². The quantitative estimate of drug-likeness (QED) is 0.900. The third-order valence-electron chi connectivity index (χ3n) is 2.43. The molecule has 0 aliphatic carbocycles. The summed E-state index contributed by atoms with van der Waals surface area (Å²) in [6, 6.07) is 6.48. The first-order chi connectivity index (χ1) is 9.54. The third kappa shape index (κ3) is 4.16. The Morgan fingerprint density at radius 3 is 2.90 bits per heavy atom. The normalized spacial score (nSPS) is 10.7. The first-order valence-electron chi connectivity index (χ1n) is 6.22. The van der Waals surface area contributed by atoms with Crippen molar-refractivity contribution in [3.05, 3.63) is 46.3 Å². The molecule has 0 radical (unpaired) electrons. The summed E-state index contributed by atoms with van der Waals surface area (Å²) >= 11 is 3.32. The Labute approximate surface area is 125 Å². The monoisotopic (exact) mass is 339 g/mol. The summed E-state index contributed by atoms with van der Waals surface area (Å²) < 4.78 is 19.9. The van der Waals surface area contributed by atoms with Crippen LogP contribution in [0, 0.1) is 5.82 Å². The molecule has 1 N–H and O–H groups in total. The molecule has 0 saturated carbocycles. The molecule has 2 aromatic rings. The second-order valence-electron chi connectivity index (χ2n) is 4.47. The predicted octanol–water partition coefficient (Wildman–Crippen LogP) is 3.78. The van der Waals surface area contributed by atoms with Gasteiger partial charge in [-0.05, 0) is 32.0 Å². The standard InChI is InChI=1S/C14H15BrFN3O/c1-9(2)20-13-5-6-17-14(19-13)18-8-10-7-11(15)3-4-12(10)16/h3-7,9H,8H2,1-2H3,(H,17,18,19). The Morgan fingerprint density at radius 1 is 1.35 bits per heavy atom. The van der Waals surface area contributed by atoms with E-state index < -0.39 is 0 Å². The Balaban J connectivity index is 2.05. The van der Waals surface area contributed by atoms with Crippen LogP contribution in [-0.2, 0) is 6.54 Å². The van der Waals surface area contributed by atoms with Crippen molar-refractivity contribution in [2.75, 3.05) is 5.32 Å². The second-order valence-corrected chi connectivity index (χ2v) is 5.39. The number of hydrogen-bond donors (Lipinski definition) is 1. The molecule has 0 atom stereocenters. The molecule has 6 heteroatoms. The SMILES string of the molecule is CC(C)Oc1ccnc(NCc2cc(Br)ccc2F)n1. The Hall–Kier alpha value is -1.69. The van der Waals surface area contributed by atoms with Gasteiger partial charge in [-0.1, -0.05) is 15.9 Å². The third-order valence-corrected chi connectivity index (χ3v) is 2.92. The smallest absolute Gasteiger partial charge is 0.226 e. The van der Waals surface area contributed by atoms with E-state index in [2.05, 4.69) is 31.2 Å². The highest BCUT2D eigenvalue weighted by Crippen LogP contribution is 2.17. The van der Waals surface area contributed by atoms with Crippen molar-refractivity contribution in [2.45, 2.75) is 26.5 Å². The molecule has 0 unspecified atom stereocenters. The van der Waals surface area contributed by atoms with Gasteiger partial charge in [0.1, 0.15) is 5.82 Å². The van der Waals surface area contributed by atoms with Gasteiger partial charge in [0.25, 0.3) is 0 Å². The number of hydrogen-bond acceptors (Lipinski definition) is 4. The number of aromatic nitrogens is 2. The van der Waals surface area contributed by atoms with Crippen molar-refractivity contribution in [3.63, 3.8) is 0 Å². The van der Waals surface area contributed by atoms with Crippen LogP contribution >= 0.6 is 15.9 Å². The van der Waals surface area contributed by atoms with Gasteiger partial charge in [0.15, 0.2) is 0 Å². The molecule has 20 heavy (non-hydrogen) atoms. The summed E-state index contributed by atoms with van der Waals surface area (Å²) in [5, 5.41) is 2.98. The zero-order valence-electron chi connectivity index (χ0n) is 11.2. The van der Waals surface area contributed by atoms with Crippen molar-refractivity contribution in [3.8, 4) is 5.88 Å². The minimum absolute atomic E-state index is 0.0419. The van der Waals surface area contributed by atoms with Crippen LogP contribution in [0.1, 0.15) is 19.4 Å². The molecule has 1 aromatic heterocycles. The van der Waals surface area contributed by atoms with Gasteiger partial charge in [0, 0.05) is 28.8 Å². The number of ether oxygens (including phenoxy) is 1. The maximum absolute atomic E-state index is 13.6. The van der Waals surface area contributed by atoms with Crippen molar-refractivity contribution in [1.29, 1.82) is 0 Å². The number of anilines is 1. The van der Waals surface area contributed by atoms with Crippen LogP contribution in [0.15, 0.2) is 34.9 Å². The van der Waals surface area contributed by atoms with Crippen molar-refractivity contribution >= 4 is 21.9 Å². The average Bonchev–Trinajstić information content (AvgIpc) is 2.39. The van der Waals surface area contributed by atoms with Crippen LogP contribution in [0.4, 0.5) is 10.3 Å². The van der Waals surface area contributed by atoms with Gasteiger partial charge in [0.2, 0.25) is 11.8 Å². The summed E-state index contributed by atoms with van der Waals surface area (Å²) in [6.07, 6.45) is 1.64. The molecule has 106 valence electrons. The van der Waals surface area contributed by atoms with Crippen LogP contribution < -0.4 is 10.1 Å². The molecule has 1 aromatic carbocycles. The lowest BCUT2D eigenvalue weighted by molar-refractivity contribution is 0.232. The fourth-order valence-corrected chi connectivity index (χ4v) is 2.00. The molecular weight excluding hydrogens is 325 g/mol. The first-order valence-corrected chi connectivity index (χ1v) is 7.01. The second kappa shape index (κ2) is 6.65. The van der Waals surface area contributed by atoms with Crippen LogP contribution in [0.2, 0.25) is 0 Å². The maximum Gasteiger partial charge on any atom is 0.226 e. The number of benzene rings is 1. The average molecular weight is 340 g/mol. The van der Waals surface area contributed by atoms with Crippen LogP contribution in [0.25, 0.3) is 0 Å². The summed E-state index contributed by atoms with van der Waals surface area (Å²) in [4.78, 5) is 8.28.